The van der Waals surface area contributed by atoms with Crippen molar-refractivity contribution >= 4 is 17.5 Å². The Morgan fingerprint density at radius 1 is 1.00 bits per heavy atom. The van der Waals surface area contributed by atoms with Crippen molar-refractivity contribution < 1.29 is 19.1 Å². The van der Waals surface area contributed by atoms with Gasteiger partial charge in [-0.15, -0.1) is 0 Å². The molecule has 2 aromatic carbocycles. The van der Waals surface area contributed by atoms with E-state index < -0.39 is 6.10 Å². The fraction of sp³-hybridized carbons (Fsp3) is 0.364. The van der Waals surface area contributed by atoms with E-state index in [1.165, 1.54) is 0 Å². The van der Waals surface area contributed by atoms with Gasteiger partial charge in [-0.2, -0.15) is 0 Å². The van der Waals surface area contributed by atoms with Gasteiger partial charge in [-0.05, 0) is 36.6 Å². The van der Waals surface area contributed by atoms with Crippen molar-refractivity contribution in [2.45, 2.75) is 32.8 Å². The minimum Gasteiger partial charge on any atom is -0.481 e. The van der Waals surface area contributed by atoms with Crippen LogP contribution in [0.25, 0.3) is 0 Å². The number of amides is 2. The van der Waals surface area contributed by atoms with E-state index >= 15 is 0 Å². The summed E-state index contributed by atoms with van der Waals surface area (Å²) in [7, 11) is 1.57. The van der Waals surface area contributed by atoms with E-state index in [-0.39, 0.29) is 17.7 Å². The first kappa shape index (κ1) is 21.4. The smallest absolute Gasteiger partial charge is 0.265 e. The number of carbonyl (C=O) groups is 2. The highest BCUT2D eigenvalue weighted by molar-refractivity contribution is 6.04. The average molecular weight is 384 g/mol. The summed E-state index contributed by atoms with van der Waals surface area (Å²) >= 11 is 0. The summed E-state index contributed by atoms with van der Waals surface area (Å²) in [6, 6.07) is 14.5. The Morgan fingerprint density at radius 3 is 2.39 bits per heavy atom. The number of benzene rings is 2. The highest BCUT2D eigenvalue weighted by Gasteiger charge is 2.19. The van der Waals surface area contributed by atoms with Gasteiger partial charge in [0.1, 0.15) is 5.75 Å². The van der Waals surface area contributed by atoms with E-state index in [0.717, 1.165) is 5.56 Å². The molecule has 6 heteroatoms. The standard InChI is InChI=1S/C22H28N2O4/c1-15(2)17-9-6-8-12-20(17)28-16(3)21(25)24-19-11-7-5-10-18(19)22(26)23-13-14-27-4/h5-12,15-16H,13-14H2,1-4H3,(H,23,26)(H,24,25). The third-order valence-corrected chi connectivity index (χ3v) is 4.24. The maximum atomic E-state index is 12.6. The molecule has 28 heavy (non-hydrogen) atoms. The molecule has 0 saturated heterocycles. The number of ether oxygens (including phenoxy) is 2. The molecule has 2 aromatic rings. The number of hydrogen-bond donors (Lipinski definition) is 2. The van der Waals surface area contributed by atoms with Gasteiger partial charge in [0.05, 0.1) is 17.9 Å². The Balaban J connectivity index is 2.08. The fourth-order valence-corrected chi connectivity index (χ4v) is 2.70. The first-order chi connectivity index (χ1) is 13.4. The van der Waals surface area contributed by atoms with Crippen LogP contribution >= 0.6 is 0 Å². The van der Waals surface area contributed by atoms with Gasteiger partial charge in [0.15, 0.2) is 6.10 Å². The van der Waals surface area contributed by atoms with Crippen LogP contribution in [-0.2, 0) is 9.53 Å². The molecule has 0 fully saturated rings. The van der Waals surface area contributed by atoms with Crippen molar-refractivity contribution in [3.8, 4) is 5.75 Å². The van der Waals surface area contributed by atoms with Crippen LogP contribution in [0.2, 0.25) is 0 Å². The fourth-order valence-electron chi connectivity index (χ4n) is 2.70. The Labute approximate surface area is 166 Å². The van der Waals surface area contributed by atoms with Crippen LogP contribution in [0.4, 0.5) is 5.69 Å². The maximum absolute atomic E-state index is 12.6. The van der Waals surface area contributed by atoms with Gasteiger partial charge in [0.25, 0.3) is 11.8 Å². The van der Waals surface area contributed by atoms with Crippen molar-refractivity contribution in [1.29, 1.82) is 0 Å². The summed E-state index contributed by atoms with van der Waals surface area (Å²) < 4.78 is 10.8. The Hall–Kier alpha value is -2.86. The molecule has 0 radical (unpaired) electrons. The predicted octanol–water partition coefficient (Wildman–Crippen LogP) is 3.59. The minimum absolute atomic E-state index is 0.272. The molecule has 6 nitrogen and oxygen atoms in total. The van der Waals surface area contributed by atoms with Crippen molar-refractivity contribution in [3.05, 3.63) is 59.7 Å². The second kappa shape index (κ2) is 10.5. The van der Waals surface area contributed by atoms with E-state index in [0.29, 0.717) is 30.2 Å². The molecule has 0 heterocycles. The topological polar surface area (TPSA) is 76.7 Å². The number of rotatable bonds is 9. The average Bonchev–Trinajstić information content (AvgIpc) is 2.68. The lowest BCUT2D eigenvalue weighted by molar-refractivity contribution is -0.122. The summed E-state index contributed by atoms with van der Waals surface area (Å²) in [6.45, 7) is 6.65. The zero-order chi connectivity index (χ0) is 20.5. The zero-order valence-corrected chi connectivity index (χ0v) is 16.8. The summed E-state index contributed by atoms with van der Waals surface area (Å²) in [4.78, 5) is 25.0. The lowest BCUT2D eigenvalue weighted by Gasteiger charge is -2.19. The number of para-hydroxylation sites is 2. The SMILES string of the molecule is COCCNC(=O)c1ccccc1NC(=O)C(C)Oc1ccccc1C(C)C. The normalized spacial score (nSPS) is 11.8. The largest absolute Gasteiger partial charge is 0.481 e. The van der Waals surface area contributed by atoms with Gasteiger partial charge in [-0.1, -0.05) is 44.2 Å². The Morgan fingerprint density at radius 2 is 1.68 bits per heavy atom. The molecule has 0 spiro atoms. The van der Waals surface area contributed by atoms with Gasteiger partial charge in [-0.25, -0.2) is 0 Å². The van der Waals surface area contributed by atoms with Gasteiger partial charge in [0, 0.05) is 13.7 Å². The van der Waals surface area contributed by atoms with Crippen molar-refractivity contribution in [2.75, 3.05) is 25.6 Å². The van der Waals surface area contributed by atoms with Crippen LogP contribution in [0.5, 0.6) is 5.75 Å². The Bertz CT molecular complexity index is 805. The molecule has 0 aliphatic rings. The summed E-state index contributed by atoms with van der Waals surface area (Å²) in [5, 5.41) is 5.55. The van der Waals surface area contributed by atoms with Gasteiger partial charge in [-0.3, -0.25) is 9.59 Å². The van der Waals surface area contributed by atoms with Crippen LogP contribution in [0.15, 0.2) is 48.5 Å². The van der Waals surface area contributed by atoms with Crippen LogP contribution < -0.4 is 15.4 Å². The predicted molar refractivity (Wildman–Crippen MR) is 110 cm³/mol. The molecule has 2 N–H and O–H groups in total. The lowest BCUT2D eigenvalue weighted by Crippen LogP contribution is -2.32. The molecule has 0 bridgehead atoms. The highest BCUT2D eigenvalue weighted by atomic mass is 16.5. The van der Waals surface area contributed by atoms with E-state index in [1.807, 2.05) is 24.3 Å². The number of nitrogens with one attached hydrogen (secondary N) is 2. The summed E-state index contributed by atoms with van der Waals surface area (Å²) in [5.74, 6) is 0.371. The van der Waals surface area contributed by atoms with Gasteiger partial charge in [0.2, 0.25) is 0 Å². The number of carbonyl (C=O) groups excluding carboxylic acids is 2. The van der Waals surface area contributed by atoms with Gasteiger partial charge < -0.3 is 20.1 Å². The molecule has 2 amide bonds. The Kier molecular flexibility index (Phi) is 8.02. The van der Waals surface area contributed by atoms with E-state index in [9.17, 15) is 9.59 Å². The zero-order valence-electron chi connectivity index (χ0n) is 16.8. The van der Waals surface area contributed by atoms with E-state index in [2.05, 4.69) is 24.5 Å². The monoisotopic (exact) mass is 384 g/mol. The van der Waals surface area contributed by atoms with Crippen molar-refractivity contribution in [1.82, 2.24) is 5.32 Å². The van der Waals surface area contributed by atoms with Gasteiger partial charge >= 0.3 is 0 Å². The lowest BCUT2D eigenvalue weighted by atomic mass is 10.0. The number of hydrogen-bond acceptors (Lipinski definition) is 4. The summed E-state index contributed by atoms with van der Waals surface area (Å²) in [5.41, 5.74) is 1.87. The first-order valence-corrected chi connectivity index (χ1v) is 9.36. The first-order valence-electron chi connectivity index (χ1n) is 9.36. The molecule has 1 unspecified atom stereocenters. The second-order valence-corrected chi connectivity index (χ2v) is 6.74. The molecule has 0 saturated carbocycles. The third kappa shape index (κ3) is 5.82. The van der Waals surface area contributed by atoms with E-state index in [4.69, 9.17) is 9.47 Å². The molecule has 2 rings (SSSR count). The quantitative estimate of drug-likeness (QED) is 0.648. The molecule has 0 aliphatic carbocycles. The van der Waals surface area contributed by atoms with Crippen LogP contribution in [0.3, 0.4) is 0 Å². The molecule has 1 atom stereocenters. The molecule has 0 aliphatic heterocycles. The van der Waals surface area contributed by atoms with Crippen LogP contribution in [0, 0.1) is 0 Å². The summed E-state index contributed by atoms with van der Waals surface area (Å²) in [6.07, 6.45) is -0.718. The van der Waals surface area contributed by atoms with Crippen LogP contribution in [0.1, 0.15) is 42.6 Å². The maximum Gasteiger partial charge on any atom is 0.265 e. The second-order valence-electron chi connectivity index (χ2n) is 6.74. The number of anilines is 1. The minimum atomic E-state index is -0.718. The highest BCUT2D eigenvalue weighted by Crippen LogP contribution is 2.27. The third-order valence-electron chi connectivity index (χ3n) is 4.24. The molecular formula is C22H28N2O4. The van der Waals surface area contributed by atoms with Crippen molar-refractivity contribution in [2.24, 2.45) is 0 Å². The molecular weight excluding hydrogens is 356 g/mol. The van der Waals surface area contributed by atoms with Crippen molar-refractivity contribution in [3.63, 3.8) is 0 Å². The number of methoxy groups -OCH3 is 1. The van der Waals surface area contributed by atoms with Crippen LogP contribution in [-0.4, -0.2) is 38.2 Å². The molecule has 150 valence electrons. The molecule has 0 aromatic heterocycles. The van der Waals surface area contributed by atoms with E-state index in [1.54, 1.807) is 38.3 Å².